The van der Waals surface area contributed by atoms with Crippen LogP contribution in [0.2, 0.25) is 5.02 Å². The number of nitrogens with zero attached hydrogens (tertiary/aromatic N) is 3. The van der Waals surface area contributed by atoms with Gasteiger partial charge in [0.25, 0.3) is 5.91 Å². The minimum atomic E-state index is -0.523. The number of amides is 1. The molecule has 2 N–H and O–H groups in total. The van der Waals surface area contributed by atoms with Gasteiger partial charge in [-0.3, -0.25) is 14.4 Å². The topological polar surface area (TPSA) is 79.6 Å². The van der Waals surface area contributed by atoms with Crippen LogP contribution >= 0.6 is 11.6 Å². The number of fused-ring (bicyclic) bond motifs is 1. The molecule has 0 radical (unpaired) electrons. The van der Waals surface area contributed by atoms with Crippen molar-refractivity contribution in [3.05, 3.63) is 47.2 Å². The van der Waals surface area contributed by atoms with E-state index in [-0.39, 0.29) is 18.6 Å². The van der Waals surface area contributed by atoms with Crippen LogP contribution < -0.4 is 10.1 Å². The van der Waals surface area contributed by atoms with E-state index in [1.807, 2.05) is 24.1 Å². The monoisotopic (exact) mass is 418 g/mol. The van der Waals surface area contributed by atoms with Gasteiger partial charge in [0.05, 0.1) is 18.3 Å². The molecule has 1 aromatic carbocycles. The summed E-state index contributed by atoms with van der Waals surface area (Å²) in [7, 11) is 1.92. The summed E-state index contributed by atoms with van der Waals surface area (Å²) in [5.41, 5.74) is 1.20. The maximum absolute atomic E-state index is 12.3. The van der Waals surface area contributed by atoms with Gasteiger partial charge in [-0.2, -0.15) is 5.10 Å². The number of nitrogens with one attached hydrogen (secondary N) is 1. The van der Waals surface area contributed by atoms with Crippen molar-refractivity contribution in [2.75, 3.05) is 19.7 Å². The Morgan fingerprint density at radius 3 is 2.86 bits per heavy atom. The number of ether oxygens (including phenoxy) is 1. The van der Waals surface area contributed by atoms with Crippen LogP contribution in [0.15, 0.2) is 36.7 Å². The van der Waals surface area contributed by atoms with Gasteiger partial charge in [0.2, 0.25) is 0 Å². The number of aromatic nitrogens is 2. The van der Waals surface area contributed by atoms with Gasteiger partial charge in [-0.25, -0.2) is 0 Å². The molecule has 29 heavy (non-hydrogen) atoms. The zero-order valence-electron chi connectivity index (χ0n) is 16.5. The number of carbonyl (C=O) groups excluding carboxylic acids is 1. The summed E-state index contributed by atoms with van der Waals surface area (Å²) < 4.78 is 7.32. The Morgan fingerprint density at radius 2 is 2.14 bits per heavy atom. The number of aryl methyl sites for hydroxylation is 1. The molecule has 156 valence electrons. The predicted octanol–water partition coefficient (Wildman–Crippen LogP) is 1.84. The van der Waals surface area contributed by atoms with Crippen LogP contribution in [0.4, 0.5) is 0 Å². The van der Waals surface area contributed by atoms with Gasteiger partial charge in [0.1, 0.15) is 5.75 Å². The Labute approximate surface area is 175 Å². The standard InChI is InChI=1S/C21H27ClN4O3/c1-25-9-14(8-23-25)10-26-11-15-5-19(20(27)6-16(15)12-26)24-21(28)13-29-18-4-2-3-17(22)7-18/h2-4,7-9,15-16,19-20,27H,5-6,10-13H2,1H3,(H,24,28)/t15-,16+,19-,20-/m0/s1. The molecule has 4 atom stereocenters. The van der Waals surface area contributed by atoms with Crippen molar-refractivity contribution in [1.82, 2.24) is 20.0 Å². The minimum absolute atomic E-state index is 0.0925. The molecule has 1 saturated heterocycles. The molecule has 1 aliphatic carbocycles. The fraction of sp³-hybridized carbons (Fsp3) is 0.524. The lowest BCUT2D eigenvalue weighted by molar-refractivity contribution is -0.125. The number of benzene rings is 1. The Morgan fingerprint density at radius 1 is 1.34 bits per heavy atom. The maximum atomic E-state index is 12.3. The van der Waals surface area contributed by atoms with Crippen LogP contribution in [-0.4, -0.2) is 57.5 Å². The van der Waals surface area contributed by atoms with Crippen molar-refractivity contribution in [1.29, 1.82) is 0 Å². The Bertz CT molecular complexity index is 858. The van der Waals surface area contributed by atoms with E-state index >= 15 is 0 Å². The van der Waals surface area contributed by atoms with Crippen LogP contribution in [-0.2, 0) is 18.4 Å². The van der Waals surface area contributed by atoms with E-state index in [1.165, 1.54) is 5.56 Å². The average molecular weight is 419 g/mol. The third-order valence-electron chi connectivity index (χ3n) is 5.89. The van der Waals surface area contributed by atoms with Gasteiger partial charge in [0.15, 0.2) is 6.61 Å². The third-order valence-corrected chi connectivity index (χ3v) is 6.13. The van der Waals surface area contributed by atoms with Crippen molar-refractivity contribution >= 4 is 17.5 Å². The first-order valence-corrected chi connectivity index (χ1v) is 10.4. The second-order valence-electron chi connectivity index (χ2n) is 8.20. The van der Waals surface area contributed by atoms with Gasteiger partial charge >= 0.3 is 0 Å². The smallest absolute Gasteiger partial charge is 0.258 e. The second kappa shape index (κ2) is 8.73. The summed E-state index contributed by atoms with van der Waals surface area (Å²) in [6.07, 6.45) is 4.93. The molecule has 4 rings (SSSR count). The van der Waals surface area contributed by atoms with Crippen LogP contribution in [0.5, 0.6) is 5.75 Å². The molecule has 0 spiro atoms. The Balaban J connectivity index is 1.27. The van der Waals surface area contributed by atoms with Crippen LogP contribution in [0.3, 0.4) is 0 Å². The molecular weight excluding hydrogens is 392 g/mol. The molecule has 0 bridgehead atoms. The van der Waals surface area contributed by atoms with Gasteiger partial charge < -0.3 is 15.2 Å². The lowest BCUT2D eigenvalue weighted by Gasteiger charge is -2.35. The molecule has 2 fully saturated rings. The lowest BCUT2D eigenvalue weighted by atomic mass is 9.77. The SMILES string of the molecule is Cn1cc(CN2C[C@H]3C[C@H](O)[C@@H](NC(=O)COc4cccc(Cl)c4)C[C@H]3C2)cn1. The second-order valence-corrected chi connectivity index (χ2v) is 8.63. The summed E-state index contributed by atoms with van der Waals surface area (Å²) in [6, 6.07) is 6.73. The summed E-state index contributed by atoms with van der Waals surface area (Å²) in [4.78, 5) is 14.7. The van der Waals surface area contributed by atoms with E-state index in [4.69, 9.17) is 16.3 Å². The number of halogens is 1. The number of aliphatic hydroxyl groups excluding tert-OH is 1. The predicted molar refractivity (Wildman–Crippen MR) is 110 cm³/mol. The van der Waals surface area contributed by atoms with Gasteiger partial charge in [-0.05, 0) is 42.9 Å². The van der Waals surface area contributed by atoms with Crippen molar-refractivity contribution in [2.45, 2.75) is 31.5 Å². The molecular formula is C21H27ClN4O3. The quantitative estimate of drug-likeness (QED) is 0.748. The number of carbonyl (C=O) groups is 1. The van der Waals surface area contributed by atoms with Crippen LogP contribution in [0.1, 0.15) is 18.4 Å². The molecule has 2 aromatic rings. The highest BCUT2D eigenvalue weighted by atomic mass is 35.5. The number of likely N-dealkylation sites (tertiary alicyclic amines) is 1. The molecule has 0 unspecified atom stereocenters. The molecule has 7 nitrogen and oxygen atoms in total. The number of aliphatic hydroxyl groups is 1. The lowest BCUT2D eigenvalue weighted by Crippen LogP contribution is -2.50. The van der Waals surface area contributed by atoms with Crippen molar-refractivity contribution in [2.24, 2.45) is 18.9 Å². The highest BCUT2D eigenvalue weighted by molar-refractivity contribution is 6.30. The zero-order chi connectivity index (χ0) is 20.4. The number of hydrogen-bond acceptors (Lipinski definition) is 5. The van der Waals surface area contributed by atoms with Crippen molar-refractivity contribution in [3.63, 3.8) is 0 Å². The third kappa shape index (κ3) is 5.10. The molecule has 8 heteroatoms. The molecule has 2 heterocycles. The summed E-state index contributed by atoms with van der Waals surface area (Å²) in [5, 5.41) is 18.3. The number of rotatable bonds is 6. The molecule has 1 aromatic heterocycles. The zero-order valence-corrected chi connectivity index (χ0v) is 17.3. The van der Waals surface area contributed by atoms with E-state index in [0.29, 0.717) is 29.0 Å². The Hall–Kier alpha value is -2.09. The van der Waals surface area contributed by atoms with E-state index in [0.717, 1.165) is 26.1 Å². The Kier molecular flexibility index (Phi) is 6.08. The molecule has 2 aliphatic rings. The minimum Gasteiger partial charge on any atom is -0.484 e. The van der Waals surface area contributed by atoms with Crippen LogP contribution in [0, 0.1) is 11.8 Å². The highest BCUT2D eigenvalue weighted by Gasteiger charge is 2.42. The van der Waals surface area contributed by atoms with Gasteiger partial charge in [-0.1, -0.05) is 17.7 Å². The van der Waals surface area contributed by atoms with E-state index in [9.17, 15) is 9.90 Å². The van der Waals surface area contributed by atoms with Crippen LogP contribution in [0.25, 0.3) is 0 Å². The van der Waals surface area contributed by atoms with Crippen molar-refractivity contribution < 1.29 is 14.6 Å². The summed E-state index contributed by atoms with van der Waals surface area (Å²) in [5.74, 6) is 1.28. The first-order chi connectivity index (χ1) is 14.0. The normalized spacial score (nSPS) is 26.9. The molecule has 1 amide bonds. The largest absolute Gasteiger partial charge is 0.484 e. The summed E-state index contributed by atoms with van der Waals surface area (Å²) >= 11 is 5.93. The first kappa shape index (κ1) is 20.2. The van der Waals surface area contributed by atoms with E-state index in [1.54, 1.807) is 24.3 Å². The van der Waals surface area contributed by atoms with Gasteiger partial charge in [-0.15, -0.1) is 0 Å². The average Bonchev–Trinajstić information content (AvgIpc) is 3.25. The van der Waals surface area contributed by atoms with E-state index < -0.39 is 6.10 Å². The fourth-order valence-electron chi connectivity index (χ4n) is 4.58. The maximum Gasteiger partial charge on any atom is 0.258 e. The van der Waals surface area contributed by atoms with Gasteiger partial charge in [0, 0.05) is 43.5 Å². The molecule has 1 aliphatic heterocycles. The summed E-state index contributed by atoms with van der Waals surface area (Å²) in [6.45, 7) is 2.75. The number of hydrogen-bond donors (Lipinski definition) is 2. The van der Waals surface area contributed by atoms with Crippen molar-refractivity contribution in [3.8, 4) is 5.75 Å². The fourth-order valence-corrected chi connectivity index (χ4v) is 4.76. The molecule has 1 saturated carbocycles. The van der Waals surface area contributed by atoms with E-state index in [2.05, 4.69) is 15.3 Å². The highest BCUT2D eigenvalue weighted by Crippen LogP contribution is 2.37. The first-order valence-electron chi connectivity index (χ1n) is 10.0.